The van der Waals surface area contributed by atoms with Gasteiger partial charge in [0.2, 0.25) is 0 Å². The number of para-hydroxylation sites is 1. The smallest absolute Gasteiger partial charge is 0.343 e. The van der Waals surface area contributed by atoms with Gasteiger partial charge >= 0.3 is 5.97 Å². The Bertz CT molecular complexity index is 1430. The van der Waals surface area contributed by atoms with E-state index in [-0.39, 0.29) is 12.1 Å². The summed E-state index contributed by atoms with van der Waals surface area (Å²) < 4.78 is 12.3. The van der Waals surface area contributed by atoms with Crippen molar-refractivity contribution in [1.82, 2.24) is 0 Å². The van der Waals surface area contributed by atoms with Crippen LogP contribution in [0.5, 0.6) is 5.75 Å². The molecule has 2 unspecified atom stereocenters. The second-order valence-corrected chi connectivity index (χ2v) is 17.8. The van der Waals surface area contributed by atoms with Gasteiger partial charge < -0.3 is 9.47 Å². The fraction of sp³-hybridized carbons (Fsp3) is 0.661. The molecule has 3 heteroatoms. The predicted molar refractivity (Wildman–Crippen MR) is 256 cm³/mol. The molecule has 0 saturated carbocycles. The normalized spacial score (nSPS) is 12.5. The summed E-state index contributed by atoms with van der Waals surface area (Å²) in [4.78, 5) is 13.4. The number of benzene rings is 3. The third-order valence-corrected chi connectivity index (χ3v) is 12.6. The first kappa shape index (κ1) is 50.4. The van der Waals surface area contributed by atoms with Crippen LogP contribution in [0.3, 0.4) is 0 Å². The quantitative estimate of drug-likeness (QED) is 0.0331. The Hall–Kier alpha value is -2.91. The summed E-state index contributed by atoms with van der Waals surface area (Å²) in [5.41, 5.74) is 5.17. The molecule has 2 atom stereocenters. The van der Waals surface area contributed by atoms with Gasteiger partial charge in [-0.15, -0.1) is 0 Å². The first-order valence-electron chi connectivity index (χ1n) is 25.2. The van der Waals surface area contributed by atoms with Gasteiger partial charge in [0.1, 0.15) is 5.75 Å². The Morgan fingerprint density at radius 1 is 0.458 bits per heavy atom. The topological polar surface area (TPSA) is 35.5 Å². The van der Waals surface area contributed by atoms with E-state index in [1.807, 2.05) is 36.4 Å². The van der Waals surface area contributed by atoms with Crippen LogP contribution < -0.4 is 4.74 Å². The van der Waals surface area contributed by atoms with Gasteiger partial charge in [0, 0.05) is 6.61 Å². The first-order valence-corrected chi connectivity index (χ1v) is 25.2. The molecule has 0 N–H and O–H groups in total. The lowest BCUT2D eigenvalue weighted by Crippen LogP contribution is -2.11. The molecule has 3 aromatic carbocycles. The number of ether oxygens (including phenoxy) is 2. The fourth-order valence-electron chi connectivity index (χ4n) is 8.68. The third-order valence-electron chi connectivity index (χ3n) is 12.6. The molecule has 0 saturated heterocycles. The number of hydrogen-bond donors (Lipinski definition) is 0. The Labute approximate surface area is 364 Å². The highest BCUT2D eigenvalue weighted by Crippen LogP contribution is 2.35. The summed E-state index contributed by atoms with van der Waals surface area (Å²) in [5, 5.41) is 0. The summed E-state index contributed by atoms with van der Waals surface area (Å²) in [6.07, 6.45) is 40.6. The van der Waals surface area contributed by atoms with E-state index in [4.69, 9.17) is 9.47 Å². The standard InChI is InChI=1S/C56H88O3/c1-5-8-10-12-14-16-17-18-19-20-21-22-23-24-26-28-30-34-47-58-48(4)49-39-41-50(42-40-49)51-43-45-53(46-44-51)56(57)59-55-38-33-32-37-54(55)52(35-7-3)36-31-29-27-25-15-13-11-9-6-2/h32-33,37-46,48,52H,5-31,34-36,47H2,1-4H3. The lowest BCUT2D eigenvalue weighted by molar-refractivity contribution is 0.0627. The average Bonchev–Trinajstić information content (AvgIpc) is 3.26. The van der Waals surface area contributed by atoms with Crippen LogP contribution in [0.25, 0.3) is 11.1 Å². The Kier molecular flexibility index (Phi) is 28.9. The zero-order chi connectivity index (χ0) is 42.0. The van der Waals surface area contributed by atoms with Crippen LogP contribution in [-0.2, 0) is 4.74 Å². The van der Waals surface area contributed by atoms with E-state index in [0.29, 0.717) is 17.2 Å². The lowest BCUT2D eigenvalue weighted by Gasteiger charge is -2.20. The molecule has 3 rings (SSSR count). The van der Waals surface area contributed by atoms with Crippen LogP contribution in [0.1, 0.15) is 254 Å². The van der Waals surface area contributed by atoms with Gasteiger partial charge in [0.05, 0.1) is 11.7 Å². The van der Waals surface area contributed by atoms with Crippen molar-refractivity contribution in [1.29, 1.82) is 0 Å². The second kappa shape index (κ2) is 33.8. The Morgan fingerprint density at radius 2 is 0.881 bits per heavy atom. The minimum atomic E-state index is -0.293. The molecule has 0 bridgehead atoms. The highest BCUT2D eigenvalue weighted by Gasteiger charge is 2.18. The largest absolute Gasteiger partial charge is 0.423 e. The molecular weight excluding hydrogens is 721 g/mol. The van der Waals surface area contributed by atoms with Crippen molar-refractivity contribution >= 4 is 5.97 Å². The molecule has 59 heavy (non-hydrogen) atoms. The summed E-state index contributed by atoms with van der Waals surface area (Å²) in [5.74, 6) is 0.835. The maximum atomic E-state index is 13.4. The van der Waals surface area contributed by atoms with Crippen molar-refractivity contribution < 1.29 is 14.3 Å². The van der Waals surface area contributed by atoms with Crippen LogP contribution in [0.4, 0.5) is 0 Å². The van der Waals surface area contributed by atoms with E-state index >= 15 is 0 Å². The minimum Gasteiger partial charge on any atom is -0.423 e. The summed E-state index contributed by atoms with van der Waals surface area (Å²) in [6.45, 7) is 9.81. The molecule has 0 heterocycles. The molecule has 0 aliphatic rings. The predicted octanol–water partition coefficient (Wildman–Crippen LogP) is 18.5. The summed E-state index contributed by atoms with van der Waals surface area (Å²) in [6, 6.07) is 24.7. The van der Waals surface area contributed by atoms with Crippen LogP contribution in [0.2, 0.25) is 0 Å². The highest BCUT2D eigenvalue weighted by atomic mass is 16.5. The second-order valence-electron chi connectivity index (χ2n) is 17.8. The minimum absolute atomic E-state index is 0.0805. The Morgan fingerprint density at radius 3 is 1.36 bits per heavy atom. The molecule has 0 spiro atoms. The van der Waals surface area contributed by atoms with Crippen molar-refractivity contribution in [3.05, 3.63) is 89.5 Å². The molecule has 3 aromatic rings. The van der Waals surface area contributed by atoms with Gasteiger partial charge in [0.25, 0.3) is 0 Å². The van der Waals surface area contributed by atoms with Gasteiger partial charge in [-0.1, -0.05) is 249 Å². The van der Waals surface area contributed by atoms with Crippen LogP contribution in [-0.4, -0.2) is 12.6 Å². The number of carbonyl (C=O) groups excluding carboxylic acids is 1. The Balaban J connectivity index is 1.30. The molecule has 0 amide bonds. The van der Waals surface area contributed by atoms with E-state index in [0.717, 1.165) is 43.4 Å². The molecule has 0 fully saturated rings. The van der Waals surface area contributed by atoms with Crippen LogP contribution in [0, 0.1) is 0 Å². The fourth-order valence-corrected chi connectivity index (χ4v) is 8.68. The van der Waals surface area contributed by atoms with Gasteiger partial charge in [-0.3, -0.25) is 0 Å². The number of esters is 1. The van der Waals surface area contributed by atoms with E-state index in [2.05, 4.69) is 64.1 Å². The van der Waals surface area contributed by atoms with Gasteiger partial charge in [-0.05, 0) is 72.6 Å². The van der Waals surface area contributed by atoms with Gasteiger partial charge in [0.15, 0.2) is 0 Å². The van der Waals surface area contributed by atoms with E-state index in [9.17, 15) is 4.79 Å². The molecule has 0 aliphatic carbocycles. The van der Waals surface area contributed by atoms with E-state index in [1.54, 1.807) is 0 Å². The van der Waals surface area contributed by atoms with Crippen molar-refractivity contribution in [3.63, 3.8) is 0 Å². The van der Waals surface area contributed by atoms with Crippen molar-refractivity contribution in [2.45, 2.75) is 232 Å². The van der Waals surface area contributed by atoms with E-state index in [1.165, 1.54) is 178 Å². The molecule has 330 valence electrons. The van der Waals surface area contributed by atoms with Crippen molar-refractivity contribution in [3.8, 4) is 16.9 Å². The monoisotopic (exact) mass is 809 g/mol. The zero-order valence-corrected chi connectivity index (χ0v) is 38.7. The lowest BCUT2D eigenvalue weighted by atomic mass is 9.88. The van der Waals surface area contributed by atoms with Gasteiger partial charge in [-0.2, -0.15) is 0 Å². The molecule has 0 aromatic heterocycles. The molecule has 0 radical (unpaired) electrons. The number of hydrogen-bond acceptors (Lipinski definition) is 3. The number of unbranched alkanes of at least 4 members (excludes halogenated alkanes) is 25. The average molecular weight is 809 g/mol. The molecule has 3 nitrogen and oxygen atoms in total. The maximum Gasteiger partial charge on any atom is 0.343 e. The highest BCUT2D eigenvalue weighted by molar-refractivity contribution is 5.91. The SMILES string of the molecule is CCCCCCCCCCCCCCCCCCCCOC(C)c1ccc(-c2ccc(C(=O)Oc3ccccc3C(CCC)CCCCCCCCCCC)cc2)cc1. The third kappa shape index (κ3) is 22.5. The number of carbonyl (C=O) groups is 1. The zero-order valence-electron chi connectivity index (χ0n) is 38.7. The number of rotatable bonds is 37. The van der Waals surface area contributed by atoms with Crippen molar-refractivity contribution in [2.24, 2.45) is 0 Å². The van der Waals surface area contributed by atoms with E-state index < -0.39 is 0 Å². The van der Waals surface area contributed by atoms with Crippen molar-refractivity contribution in [2.75, 3.05) is 6.61 Å². The summed E-state index contributed by atoms with van der Waals surface area (Å²) in [7, 11) is 0. The first-order chi connectivity index (χ1) is 29.1. The summed E-state index contributed by atoms with van der Waals surface area (Å²) >= 11 is 0. The van der Waals surface area contributed by atoms with Crippen LogP contribution in [0.15, 0.2) is 72.8 Å². The van der Waals surface area contributed by atoms with Gasteiger partial charge in [-0.25, -0.2) is 4.79 Å². The van der Waals surface area contributed by atoms with Crippen LogP contribution >= 0.6 is 0 Å². The molecule has 0 aliphatic heterocycles. The molecular formula is C56H88O3. The maximum absolute atomic E-state index is 13.4.